The Morgan fingerprint density at radius 3 is 3.04 bits per heavy atom. The zero-order valence-corrected chi connectivity index (χ0v) is 18.1. The van der Waals surface area contributed by atoms with E-state index in [0.717, 1.165) is 37.6 Å². The van der Waals surface area contributed by atoms with Crippen molar-refractivity contribution in [1.82, 2.24) is 25.4 Å². The number of fused-ring (bicyclic) bond motifs is 1. The summed E-state index contributed by atoms with van der Waals surface area (Å²) in [5.74, 6) is 1.64. The standard InChI is InChI=1S/C18H22ClFN6.HI/c1-2-21-18(24-11-6-7-16-22-10-23-26(16)9-11)25-15-8-12(15)17-13(19)4-3-5-14(17)20;/h3-5,10-12,15H,2,6-9H2,1H3,(H2,21,24,25);1H. The molecule has 0 radical (unpaired) electrons. The first-order valence-electron chi connectivity index (χ1n) is 9.03. The van der Waals surface area contributed by atoms with Crippen LogP contribution in [0.3, 0.4) is 0 Å². The van der Waals surface area contributed by atoms with Gasteiger partial charge in [-0.15, -0.1) is 24.0 Å². The lowest BCUT2D eigenvalue weighted by atomic mass is 10.1. The third-order valence-corrected chi connectivity index (χ3v) is 5.28. The minimum Gasteiger partial charge on any atom is -0.353 e. The molecule has 2 N–H and O–H groups in total. The molecule has 0 spiro atoms. The van der Waals surface area contributed by atoms with Gasteiger partial charge < -0.3 is 10.6 Å². The topological polar surface area (TPSA) is 67.1 Å². The molecule has 3 unspecified atom stereocenters. The molecule has 1 saturated carbocycles. The predicted molar refractivity (Wildman–Crippen MR) is 114 cm³/mol. The maximum atomic E-state index is 14.1. The minimum atomic E-state index is -0.236. The van der Waals surface area contributed by atoms with E-state index in [0.29, 0.717) is 17.1 Å². The molecule has 4 rings (SSSR count). The normalized spacial score (nSPS) is 24.0. The zero-order valence-electron chi connectivity index (χ0n) is 15.0. The number of halogens is 3. The maximum Gasteiger partial charge on any atom is 0.191 e. The average Bonchev–Trinajstić information content (AvgIpc) is 3.18. The van der Waals surface area contributed by atoms with Crippen LogP contribution in [0, 0.1) is 5.82 Å². The van der Waals surface area contributed by atoms with E-state index in [1.807, 2.05) is 11.6 Å². The molecule has 1 aromatic carbocycles. The van der Waals surface area contributed by atoms with Gasteiger partial charge in [0.15, 0.2) is 5.96 Å². The van der Waals surface area contributed by atoms with Crippen LogP contribution >= 0.6 is 35.6 Å². The molecule has 2 aliphatic rings. The van der Waals surface area contributed by atoms with Gasteiger partial charge in [-0.1, -0.05) is 17.7 Å². The monoisotopic (exact) mass is 504 g/mol. The van der Waals surface area contributed by atoms with E-state index in [2.05, 4.69) is 25.7 Å². The van der Waals surface area contributed by atoms with Crippen molar-refractivity contribution < 1.29 is 4.39 Å². The molecule has 2 heterocycles. The number of nitrogens with zero attached hydrogens (tertiary/aromatic N) is 4. The molecule has 3 atom stereocenters. The molecular weight excluding hydrogens is 482 g/mol. The number of aryl methyl sites for hydroxylation is 1. The fraction of sp³-hybridized carbons (Fsp3) is 0.500. The van der Waals surface area contributed by atoms with Crippen LogP contribution in [0.1, 0.15) is 37.1 Å². The van der Waals surface area contributed by atoms with Crippen molar-refractivity contribution in [2.24, 2.45) is 4.99 Å². The summed E-state index contributed by atoms with van der Waals surface area (Å²) in [7, 11) is 0. The van der Waals surface area contributed by atoms with Crippen LogP contribution < -0.4 is 10.6 Å². The van der Waals surface area contributed by atoms with Crippen LogP contribution in [0.5, 0.6) is 0 Å². The van der Waals surface area contributed by atoms with Gasteiger partial charge >= 0.3 is 0 Å². The van der Waals surface area contributed by atoms with E-state index in [1.54, 1.807) is 18.5 Å². The van der Waals surface area contributed by atoms with Gasteiger partial charge in [0.05, 0.1) is 6.54 Å². The second kappa shape index (κ2) is 8.72. The number of nitrogens with one attached hydrogen (secondary N) is 2. The molecule has 2 aromatic rings. The smallest absolute Gasteiger partial charge is 0.191 e. The van der Waals surface area contributed by atoms with Gasteiger partial charge in [0.2, 0.25) is 0 Å². The van der Waals surface area contributed by atoms with Crippen LogP contribution in [0.4, 0.5) is 4.39 Å². The molecule has 1 fully saturated rings. The highest BCUT2D eigenvalue weighted by atomic mass is 127. The number of hydrogen-bond acceptors (Lipinski definition) is 3. The summed E-state index contributed by atoms with van der Waals surface area (Å²) in [6.45, 7) is 3.44. The molecule has 146 valence electrons. The fourth-order valence-electron chi connectivity index (χ4n) is 3.55. The Morgan fingerprint density at radius 2 is 2.26 bits per heavy atom. The summed E-state index contributed by atoms with van der Waals surface area (Å²) < 4.78 is 16.0. The zero-order chi connectivity index (χ0) is 18.1. The van der Waals surface area contributed by atoms with Crippen molar-refractivity contribution in [2.45, 2.75) is 50.7 Å². The predicted octanol–water partition coefficient (Wildman–Crippen LogP) is 3.11. The van der Waals surface area contributed by atoms with Gasteiger partial charge in [0, 0.05) is 41.6 Å². The van der Waals surface area contributed by atoms with E-state index < -0.39 is 0 Å². The molecular formula is C18H23ClFIN6. The molecule has 1 aromatic heterocycles. The van der Waals surface area contributed by atoms with Crippen LogP contribution in [0.25, 0.3) is 0 Å². The quantitative estimate of drug-likeness (QED) is 0.381. The van der Waals surface area contributed by atoms with Gasteiger partial charge in [0.25, 0.3) is 0 Å². The lowest BCUT2D eigenvalue weighted by Crippen LogP contribution is -2.48. The minimum absolute atomic E-state index is 0. The van der Waals surface area contributed by atoms with E-state index in [9.17, 15) is 4.39 Å². The van der Waals surface area contributed by atoms with Gasteiger partial charge in [-0.2, -0.15) is 5.10 Å². The van der Waals surface area contributed by atoms with Crippen LogP contribution in [0.15, 0.2) is 29.5 Å². The van der Waals surface area contributed by atoms with E-state index in [1.165, 1.54) is 6.07 Å². The summed E-state index contributed by atoms with van der Waals surface area (Å²) in [6.07, 6.45) is 4.33. The highest BCUT2D eigenvalue weighted by molar-refractivity contribution is 14.0. The summed E-state index contributed by atoms with van der Waals surface area (Å²) in [4.78, 5) is 8.79. The Morgan fingerprint density at radius 1 is 1.41 bits per heavy atom. The molecule has 0 bridgehead atoms. The number of benzene rings is 1. The lowest BCUT2D eigenvalue weighted by Gasteiger charge is -2.25. The second-order valence-corrected chi connectivity index (χ2v) is 7.20. The molecule has 6 nitrogen and oxygen atoms in total. The Bertz CT molecular complexity index is 806. The van der Waals surface area contributed by atoms with Crippen molar-refractivity contribution >= 4 is 41.5 Å². The van der Waals surface area contributed by atoms with Gasteiger partial charge in [0.1, 0.15) is 18.0 Å². The van der Waals surface area contributed by atoms with Crippen LogP contribution in [0.2, 0.25) is 5.02 Å². The first kappa shape index (κ1) is 20.3. The van der Waals surface area contributed by atoms with E-state index >= 15 is 0 Å². The molecule has 1 aliphatic heterocycles. The third-order valence-electron chi connectivity index (χ3n) is 4.95. The lowest BCUT2D eigenvalue weighted by molar-refractivity contribution is 0.392. The molecule has 1 aliphatic carbocycles. The third kappa shape index (κ3) is 4.53. The maximum absolute atomic E-state index is 14.1. The van der Waals surface area contributed by atoms with Crippen LogP contribution in [-0.4, -0.2) is 39.4 Å². The summed E-state index contributed by atoms with van der Waals surface area (Å²) in [6, 6.07) is 5.24. The first-order chi connectivity index (χ1) is 12.7. The Hall–Kier alpha value is -1.42. The van der Waals surface area contributed by atoms with E-state index in [4.69, 9.17) is 11.6 Å². The summed E-state index contributed by atoms with van der Waals surface area (Å²) >= 11 is 6.19. The van der Waals surface area contributed by atoms with E-state index in [-0.39, 0.29) is 47.8 Å². The van der Waals surface area contributed by atoms with Gasteiger partial charge in [-0.25, -0.2) is 14.1 Å². The van der Waals surface area contributed by atoms with Crippen molar-refractivity contribution in [1.29, 1.82) is 0 Å². The number of rotatable bonds is 4. The van der Waals surface area contributed by atoms with Crippen molar-refractivity contribution in [3.05, 3.63) is 46.8 Å². The largest absolute Gasteiger partial charge is 0.353 e. The van der Waals surface area contributed by atoms with Gasteiger partial charge in [-0.3, -0.25) is 4.99 Å². The molecule has 0 amide bonds. The Balaban J connectivity index is 0.00000210. The first-order valence-corrected chi connectivity index (χ1v) is 9.41. The van der Waals surface area contributed by atoms with Crippen LogP contribution in [-0.2, 0) is 13.0 Å². The van der Waals surface area contributed by atoms with Crippen molar-refractivity contribution in [3.63, 3.8) is 0 Å². The number of hydrogen-bond donors (Lipinski definition) is 2. The average molecular weight is 505 g/mol. The molecule has 9 heteroatoms. The highest BCUT2D eigenvalue weighted by Crippen LogP contribution is 2.44. The fourth-order valence-corrected chi connectivity index (χ4v) is 3.86. The summed E-state index contributed by atoms with van der Waals surface area (Å²) in [5.41, 5.74) is 0.604. The highest BCUT2D eigenvalue weighted by Gasteiger charge is 2.42. The van der Waals surface area contributed by atoms with Crippen molar-refractivity contribution in [3.8, 4) is 0 Å². The number of guanidine groups is 1. The molecule has 27 heavy (non-hydrogen) atoms. The Labute approximate surface area is 180 Å². The van der Waals surface area contributed by atoms with Gasteiger partial charge in [-0.05, 0) is 31.9 Å². The summed E-state index contributed by atoms with van der Waals surface area (Å²) in [5, 5.41) is 11.7. The number of aliphatic imine (C=N–C) groups is 1. The Kier molecular flexibility index (Phi) is 6.56. The number of aromatic nitrogens is 3. The second-order valence-electron chi connectivity index (χ2n) is 6.79. The van der Waals surface area contributed by atoms with Crippen molar-refractivity contribution in [2.75, 3.05) is 6.54 Å². The molecule has 0 saturated heterocycles. The SMILES string of the molecule is CCN=C(NC1CCc2ncnn2C1)NC1CC1c1c(F)cccc1Cl.I.